The van der Waals surface area contributed by atoms with Crippen molar-refractivity contribution < 1.29 is 0 Å². The molecule has 0 radical (unpaired) electrons. The molecule has 19 heavy (non-hydrogen) atoms. The summed E-state index contributed by atoms with van der Waals surface area (Å²) in [6, 6.07) is 2.21. The Morgan fingerprint density at radius 1 is 1.53 bits per heavy atom. The van der Waals surface area contributed by atoms with E-state index in [1.165, 1.54) is 35.0 Å². The number of hydrogen-bond donors (Lipinski definition) is 1. The Labute approximate surface area is 129 Å². The number of hydrogen-bond acceptors (Lipinski definition) is 3. The van der Waals surface area contributed by atoms with E-state index in [0.717, 1.165) is 19.0 Å². The Bertz CT molecular complexity index is 405. The number of likely N-dealkylation sites (N-methyl/N-ethyl adjacent to an activating group) is 1. The molecule has 1 fully saturated rings. The summed E-state index contributed by atoms with van der Waals surface area (Å²) in [5, 5.41) is 5.90. The van der Waals surface area contributed by atoms with Crippen LogP contribution in [0.25, 0.3) is 0 Å². The minimum atomic E-state index is 0.352. The van der Waals surface area contributed by atoms with Crippen molar-refractivity contribution in [2.75, 3.05) is 20.6 Å². The molecule has 1 aliphatic rings. The van der Waals surface area contributed by atoms with Gasteiger partial charge in [-0.3, -0.25) is 0 Å². The molecule has 0 aromatic carbocycles. The molecular weight excluding hydrogens is 320 g/mol. The van der Waals surface area contributed by atoms with E-state index in [9.17, 15) is 0 Å². The lowest BCUT2D eigenvalue weighted by Crippen LogP contribution is -2.54. The Kier molecular flexibility index (Phi) is 5.46. The van der Waals surface area contributed by atoms with Crippen LogP contribution < -0.4 is 5.32 Å². The molecule has 2 rings (SSSR count). The average Bonchev–Trinajstić information content (AvgIpc) is 2.75. The van der Waals surface area contributed by atoms with Crippen molar-refractivity contribution in [3.05, 3.63) is 20.8 Å². The van der Waals surface area contributed by atoms with E-state index in [1.807, 2.05) is 0 Å². The van der Waals surface area contributed by atoms with Crippen molar-refractivity contribution in [1.82, 2.24) is 10.2 Å². The number of rotatable bonds is 5. The zero-order valence-corrected chi connectivity index (χ0v) is 14.6. The van der Waals surface area contributed by atoms with Gasteiger partial charge in [-0.05, 0) is 65.8 Å². The Balaban J connectivity index is 1.90. The summed E-state index contributed by atoms with van der Waals surface area (Å²) in [5.41, 5.74) is 1.74. The molecule has 0 bridgehead atoms. The largest absolute Gasteiger partial charge is 0.311 e. The van der Waals surface area contributed by atoms with Gasteiger partial charge in [-0.2, -0.15) is 0 Å². The lowest BCUT2D eigenvalue weighted by atomic mass is 9.75. The summed E-state index contributed by atoms with van der Waals surface area (Å²) in [7, 11) is 4.47. The van der Waals surface area contributed by atoms with Crippen molar-refractivity contribution in [1.29, 1.82) is 0 Å². The standard InChI is InChI=1S/C15H25BrN2S/c1-12-5-4-6-15(8-12,18(2)3)11-17-9-13-7-14(16)19-10-13/h7,10,12,17H,4-6,8-9,11H2,1-3H3. The Morgan fingerprint density at radius 2 is 2.32 bits per heavy atom. The van der Waals surface area contributed by atoms with E-state index in [4.69, 9.17) is 0 Å². The third-order valence-corrected chi connectivity index (χ3v) is 5.97. The van der Waals surface area contributed by atoms with Gasteiger partial charge in [0.15, 0.2) is 0 Å². The highest BCUT2D eigenvalue weighted by molar-refractivity contribution is 9.11. The third-order valence-electron chi connectivity index (χ3n) is 4.42. The van der Waals surface area contributed by atoms with Gasteiger partial charge < -0.3 is 10.2 Å². The number of thiophene rings is 1. The SMILES string of the molecule is CC1CCCC(CNCc2csc(Br)c2)(N(C)C)C1. The van der Waals surface area contributed by atoms with Crippen molar-refractivity contribution >= 4 is 27.3 Å². The summed E-state index contributed by atoms with van der Waals surface area (Å²) in [5.74, 6) is 0.855. The second-order valence-electron chi connectivity index (χ2n) is 6.18. The Hall–Kier alpha value is 0.1000. The third kappa shape index (κ3) is 4.03. The van der Waals surface area contributed by atoms with Gasteiger partial charge in [0.1, 0.15) is 0 Å². The van der Waals surface area contributed by atoms with E-state index < -0.39 is 0 Å². The fraction of sp³-hybridized carbons (Fsp3) is 0.733. The van der Waals surface area contributed by atoms with Crippen molar-refractivity contribution in [2.45, 2.75) is 44.7 Å². The molecule has 0 spiro atoms. The van der Waals surface area contributed by atoms with Crippen molar-refractivity contribution in [3.8, 4) is 0 Å². The molecule has 1 aromatic rings. The molecule has 4 heteroatoms. The smallest absolute Gasteiger partial charge is 0.0701 e. The van der Waals surface area contributed by atoms with Gasteiger partial charge in [-0.25, -0.2) is 0 Å². The van der Waals surface area contributed by atoms with E-state index in [-0.39, 0.29) is 0 Å². The predicted molar refractivity (Wildman–Crippen MR) is 87.8 cm³/mol. The van der Waals surface area contributed by atoms with E-state index in [2.05, 4.69) is 58.6 Å². The van der Waals surface area contributed by atoms with Gasteiger partial charge in [0, 0.05) is 18.6 Å². The highest BCUT2D eigenvalue weighted by Gasteiger charge is 2.36. The minimum Gasteiger partial charge on any atom is -0.311 e. The predicted octanol–water partition coefficient (Wildman–Crippen LogP) is 4.11. The molecule has 0 saturated heterocycles. The number of nitrogens with zero attached hydrogens (tertiary/aromatic N) is 1. The van der Waals surface area contributed by atoms with Gasteiger partial charge >= 0.3 is 0 Å². The molecule has 0 aliphatic heterocycles. The summed E-state index contributed by atoms with van der Waals surface area (Å²) in [6.45, 7) is 4.47. The second kappa shape index (κ2) is 6.70. The van der Waals surface area contributed by atoms with Crippen molar-refractivity contribution in [3.63, 3.8) is 0 Å². The summed E-state index contributed by atoms with van der Waals surface area (Å²) >= 11 is 5.29. The monoisotopic (exact) mass is 344 g/mol. The van der Waals surface area contributed by atoms with Crippen LogP contribution in [0.3, 0.4) is 0 Å². The zero-order chi connectivity index (χ0) is 13.9. The molecule has 0 amide bonds. The molecule has 2 atom stereocenters. The van der Waals surface area contributed by atoms with E-state index >= 15 is 0 Å². The lowest BCUT2D eigenvalue weighted by molar-refractivity contribution is 0.0750. The first-order chi connectivity index (χ1) is 9.02. The maximum absolute atomic E-state index is 3.67. The second-order valence-corrected chi connectivity index (χ2v) is 8.47. The van der Waals surface area contributed by atoms with Gasteiger partial charge in [0.2, 0.25) is 0 Å². The van der Waals surface area contributed by atoms with Crippen LogP contribution >= 0.6 is 27.3 Å². The number of nitrogens with one attached hydrogen (secondary N) is 1. The first kappa shape index (κ1) is 15.5. The van der Waals surface area contributed by atoms with Crippen LogP contribution in [-0.4, -0.2) is 31.1 Å². The molecule has 1 saturated carbocycles. The quantitative estimate of drug-likeness (QED) is 0.864. The molecular formula is C15H25BrN2S. The van der Waals surface area contributed by atoms with Gasteiger partial charge in [0.25, 0.3) is 0 Å². The van der Waals surface area contributed by atoms with Gasteiger partial charge in [-0.15, -0.1) is 11.3 Å². The fourth-order valence-electron chi connectivity index (χ4n) is 3.24. The summed E-state index contributed by atoms with van der Waals surface area (Å²) in [6.07, 6.45) is 5.41. The average molecular weight is 345 g/mol. The molecule has 2 unspecified atom stereocenters. The normalized spacial score (nSPS) is 27.9. The van der Waals surface area contributed by atoms with Crippen LogP contribution in [0.5, 0.6) is 0 Å². The molecule has 1 aromatic heterocycles. The van der Waals surface area contributed by atoms with Crippen LogP contribution in [0.1, 0.15) is 38.2 Å². The van der Waals surface area contributed by atoms with Crippen LogP contribution in [0, 0.1) is 5.92 Å². The van der Waals surface area contributed by atoms with Crippen LogP contribution in [0.15, 0.2) is 15.2 Å². The number of halogens is 1. The van der Waals surface area contributed by atoms with E-state index in [0.29, 0.717) is 5.54 Å². The summed E-state index contributed by atoms with van der Waals surface area (Å²) in [4.78, 5) is 2.44. The fourth-order valence-corrected chi connectivity index (χ4v) is 4.44. The lowest BCUT2D eigenvalue weighted by Gasteiger charge is -2.45. The molecule has 1 heterocycles. The molecule has 1 aliphatic carbocycles. The minimum absolute atomic E-state index is 0.352. The highest BCUT2D eigenvalue weighted by atomic mass is 79.9. The van der Waals surface area contributed by atoms with Gasteiger partial charge in [0.05, 0.1) is 3.79 Å². The maximum Gasteiger partial charge on any atom is 0.0701 e. The van der Waals surface area contributed by atoms with Crippen LogP contribution in [0.2, 0.25) is 0 Å². The van der Waals surface area contributed by atoms with Gasteiger partial charge in [-0.1, -0.05) is 19.8 Å². The Morgan fingerprint density at radius 3 is 2.89 bits per heavy atom. The first-order valence-corrected chi connectivity index (χ1v) is 8.80. The van der Waals surface area contributed by atoms with Crippen LogP contribution in [-0.2, 0) is 6.54 Å². The topological polar surface area (TPSA) is 15.3 Å². The maximum atomic E-state index is 3.67. The molecule has 2 nitrogen and oxygen atoms in total. The molecule has 1 N–H and O–H groups in total. The van der Waals surface area contributed by atoms with E-state index in [1.54, 1.807) is 11.3 Å². The summed E-state index contributed by atoms with van der Waals surface area (Å²) < 4.78 is 1.22. The zero-order valence-electron chi connectivity index (χ0n) is 12.2. The highest BCUT2D eigenvalue weighted by Crippen LogP contribution is 2.35. The van der Waals surface area contributed by atoms with Crippen LogP contribution in [0.4, 0.5) is 0 Å². The first-order valence-electron chi connectivity index (χ1n) is 7.13. The molecule has 108 valence electrons. The van der Waals surface area contributed by atoms with Crippen molar-refractivity contribution in [2.24, 2.45) is 5.92 Å².